The molecule has 1 saturated carbocycles. The highest BCUT2D eigenvalue weighted by atomic mass is 16.5. The summed E-state index contributed by atoms with van der Waals surface area (Å²) in [5.74, 6) is 1.62. The van der Waals surface area contributed by atoms with Crippen molar-refractivity contribution < 1.29 is 38.8 Å². The molecule has 0 aromatic heterocycles. The van der Waals surface area contributed by atoms with Crippen molar-refractivity contribution in [1.29, 1.82) is 0 Å². The minimum Gasteiger partial charge on any atom is -0.506 e. The van der Waals surface area contributed by atoms with Crippen molar-refractivity contribution in [3.63, 3.8) is 0 Å². The number of aliphatic hydroxyl groups excluding tert-OH is 2. The van der Waals surface area contributed by atoms with Crippen molar-refractivity contribution in [3.05, 3.63) is 95.8 Å². The van der Waals surface area contributed by atoms with Gasteiger partial charge in [0.05, 0.1) is 51.3 Å². The van der Waals surface area contributed by atoms with Gasteiger partial charge in [0.25, 0.3) is 5.91 Å². The number of dihydropyridines is 1. The van der Waals surface area contributed by atoms with Gasteiger partial charge in [0, 0.05) is 43.7 Å². The van der Waals surface area contributed by atoms with E-state index in [9.17, 15) is 20.1 Å². The lowest BCUT2D eigenvalue weighted by molar-refractivity contribution is -0.946. The van der Waals surface area contributed by atoms with Crippen molar-refractivity contribution in [2.75, 3.05) is 59.1 Å². The van der Waals surface area contributed by atoms with E-state index in [2.05, 4.69) is 22.4 Å². The van der Waals surface area contributed by atoms with E-state index in [4.69, 9.17) is 14.2 Å². The summed E-state index contributed by atoms with van der Waals surface area (Å²) in [6.07, 6.45) is 14.3. The van der Waals surface area contributed by atoms with E-state index in [-0.39, 0.29) is 23.5 Å². The number of quaternary nitrogens is 1. The number of aliphatic hydroxyl groups is 3. The molecule has 2 bridgehead atoms. The van der Waals surface area contributed by atoms with Crippen molar-refractivity contribution >= 4 is 11.6 Å². The molecule has 4 atom stereocenters. The number of allylic oxidation sites excluding steroid dienone is 4. The third-order valence-electron chi connectivity index (χ3n) is 12.2. The zero-order valence-electron chi connectivity index (χ0n) is 30.8. The molecule has 4 aliphatic heterocycles. The maximum atomic E-state index is 12.0. The molecule has 0 spiro atoms. The highest BCUT2D eigenvalue weighted by Crippen LogP contribution is 2.43. The Labute approximate surface area is 313 Å². The zero-order valence-corrected chi connectivity index (χ0v) is 30.8. The normalized spacial score (nSPS) is 27.0. The Kier molecular flexibility index (Phi) is 12.1. The molecule has 10 nitrogen and oxygen atoms in total. The molecule has 4 fully saturated rings. The maximum absolute atomic E-state index is 12.0. The molecule has 8 rings (SSSR count). The fraction of sp³-hybridized carbons (Fsp3) is 0.535. The lowest BCUT2D eigenvalue weighted by Crippen LogP contribution is -2.65. The van der Waals surface area contributed by atoms with Crippen LogP contribution in [0.4, 0.5) is 0 Å². The summed E-state index contributed by atoms with van der Waals surface area (Å²) >= 11 is 0. The van der Waals surface area contributed by atoms with E-state index in [1.165, 1.54) is 50.9 Å². The smallest absolute Gasteiger partial charge is 0.269 e. The second kappa shape index (κ2) is 17.1. The molecule has 0 radical (unpaired) electrons. The van der Waals surface area contributed by atoms with E-state index in [1.807, 2.05) is 42.5 Å². The first-order chi connectivity index (χ1) is 25.8. The molecule has 2 aromatic rings. The number of ether oxygens (including phenoxy) is 3. The van der Waals surface area contributed by atoms with Crippen LogP contribution in [0, 0.1) is 17.8 Å². The van der Waals surface area contributed by atoms with Crippen LogP contribution in [0.3, 0.4) is 0 Å². The van der Waals surface area contributed by atoms with Gasteiger partial charge < -0.3 is 39.3 Å². The molecule has 3 saturated heterocycles. The van der Waals surface area contributed by atoms with Gasteiger partial charge in [0.2, 0.25) is 0 Å². The predicted molar refractivity (Wildman–Crippen MR) is 204 cm³/mol. The van der Waals surface area contributed by atoms with Crippen LogP contribution in [0.25, 0.3) is 0 Å². The Bertz CT molecular complexity index is 1660. The van der Waals surface area contributed by atoms with E-state index in [1.54, 1.807) is 12.2 Å². The molecule has 4 N–H and O–H groups in total. The number of aliphatic imine (C=N–C) groups is 1. The monoisotopic (exact) mass is 726 g/mol. The SMILES string of the molecule is O=C1C=CC2C([C@H](O)CNCCCOc3ccc(OCCC[N+]45CCC(CC4)[C@H](OC[C@](O)(c4ccccc4)C4CCCC4)C5)cc3)=CC=C(O)C2=N1. The van der Waals surface area contributed by atoms with Gasteiger partial charge in [-0.15, -0.1) is 0 Å². The van der Waals surface area contributed by atoms with Crippen LogP contribution in [0.1, 0.15) is 56.9 Å². The largest absolute Gasteiger partial charge is 0.506 e. The highest BCUT2D eigenvalue weighted by molar-refractivity contribution is 6.13. The minimum absolute atomic E-state index is 0.0430. The van der Waals surface area contributed by atoms with Gasteiger partial charge in [0.1, 0.15) is 35.5 Å². The number of hydrogen-bond acceptors (Lipinski definition) is 8. The zero-order chi connectivity index (χ0) is 36.7. The summed E-state index contributed by atoms with van der Waals surface area (Å²) in [5.41, 5.74) is 1.06. The van der Waals surface area contributed by atoms with Crippen molar-refractivity contribution in [2.24, 2.45) is 22.7 Å². The van der Waals surface area contributed by atoms with Crippen LogP contribution < -0.4 is 14.8 Å². The Balaban J connectivity index is 0.791. The molecule has 2 aliphatic carbocycles. The third kappa shape index (κ3) is 8.95. The molecule has 53 heavy (non-hydrogen) atoms. The Hall–Kier alpha value is -3.80. The summed E-state index contributed by atoms with van der Waals surface area (Å²) in [6.45, 7) is 7.11. The summed E-state index contributed by atoms with van der Waals surface area (Å²) in [6, 6.07) is 18.0. The quantitative estimate of drug-likeness (QED) is 0.119. The standard InChI is InChI=1S/C43H55N3O7/c47-38-18-16-36(37-17-19-41(49)45-42(37)38)39(48)28-44-22-6-26-51-34-12-14-35(15-13-34)52-27-7-23-46-24-20-31(21-25-46)40(29-46)53-30-43(50,33-10-4-5-11-33)32-8-2-1-3-9-32/h1-3,8-9,12-19,31,33,37,39-40,44,48,50H,4-7,10-11,20-30H2/p+1/t31?,37?,39-,40-,43+,46?/m1/s1. The van der Waals surface area contributed by atoms with Gasteiger partial charge >= 0.3 is 0 Å². The first-order valence-corrected chi connectivity index (χ1v) is 19.7. The number of rotatable bonds is 18. The molecule has 284 valence electrons. The van der Waals surface area contributed by atoms with Crippen LogP contribution in [-0.2, 0) is 15.1 Å². The number of piperidine rings is 3. The summed E-state index contributed by atoms with van der Waals surface area (Å²) in [5, 5.41) is 36.1. The number of benzene rings is 2. The molecule has 6 aliphatic rings. The highest BCUT2D eigenvalue weighted by Gasteiger charge is 2.48. The molecule has 10 heteroatoms. The average Bonchev–Trinajstić information content (AvgIpc) is 3.75. The molecule has 2 aromatic carbocycles. The fourth-order valence-corrected chi connectivity index (χ4v) is 9.15. The summed E-state index contributed by atoms with van der Waals surface area (Å²) < 4.78 is 19.9. The molecule has 1 amide bonds. The summed E-state index contributed by atoms with van der Waals surface area (Å²) in [7, 11) is 0. The predicted octanol–water partition coefficient (Wildman–Crippen LogP) is 5.41. The van der Waals surface area contributed by atoms with Crippen LogP contribution in [0.5, 0.6) is 11.5 Å². The fourth-order valence-electron chi connectivity index (χ4n) is 9.15. The van der Waals surface area contributed by atoms with Crippen molar-refractivity contribution in [2.45, 2.75) is 69.2 Å². The number of hydrogen-bond donors (Lipinski definition) is 4. The van der Waals surface area contributed by atoms with E-state index in [0.29, 0.717) is 44.4 Å². The van der Waals surface area contributed by atoms with Crippen LogP contribution in [-0.4, -0.2) is 103 Å². The van der Waals surface area contributed by atoms with Gasteiger partial charge in [-0.25, -0.2) is 4.99 Å². The Morgan fingerprint density at radius 3 is 2.34 bits per heavy atom. The van der Waals surface area contributed by atoms with Gasteiger partial charge in [-0.1, -0.05) is 55.3 Å². The van der Waals surface area contributed by atoms with Crippen LogP contribution >= 0.6 is 0 Å². The number of fused-ring (bicyclic) bond motifs is 4. The lowest BCUT2D eigenvalue weighted by Gasteiger charge is -2.53. The number of nitrogens with zero attached hydrogens (tertiary/aromatic N) is 2. The number of nitrogens with one attached hydrogen (secondary N) is 1. The summed E-state index contributed by atoms with van der Waals surface area (Å²) in [4.78, 5) is 15.5. The van der Waals surface area contributed by atoms with Gasteiger partial charge in [-0.2, -0.15) is 0 Å². The first kappa shape index (κ1) is 37.5. The van der Waals surface area contributed by atoms with Crippen LogP contribution in [0.15, 0.2) is 95.2 Å². The van der Waals surface area contributed by atoms with E-state index in [0.717, 1.165) is 60.3 Å². The molecule has 4 heterocycles. The van der Waals surface area contributed by atoms with E-state index >= 15 is 0 Å². The maximum Gasteiger partial charge on any atom is 0.269 e. The van der Waals surface area contributed by atoms with Crippen molar-refractivity contribution in [3.8, 4) is 11.5 Å². The van der Waals surface area contributed by atoms with Crippen molar-refractivity contribution in [1.82, 2.24) is 5.32 Å². The first-order valence-electron chi connectivity index (χ1n) is 19.7. The van der Waals surface area contributed by atoms with Gasteiger partial charge in [-0.3, -0.25) is 4.79 Å². The third-order valence-corrected chi connectivity index (χ3v) is 12.2. The second-order valence-corrected chi connectivity index (χ2v) is 15.6. The van der Waals surface area contributed by atoms with Crippen LogP contribution in [0.2, 0.25) is 0 Å². The van der Waals surface area contributed by atoms with Gasteiger partial charge in [0.15, 0.2) is 0 Å². The number of carbonyl (C=O) groups is 1. The molecule has 1 unspecified atom stereocenters. The van der Waals surface area contributed by atoms with Gasteiger partial charge in [-0.05, 0) is 73.2 Å². The second-order valence-electron chi connectivity index (χ2n) is 15.6. The molecular formula is C43H56N3O7+. The topological polar surface area (TPSA) is 130 Å². The Morgan fingerprint density at radius 1 is 0.925 bits per heavy atom. The minimum atomic E-state index is -0.914. The lowest BCUT2D eigenvalue weighted by atomic mass is 9.80. The number of amides is 1. The molecular weight excluding hydrogens is 670 g/mol. The number of carbonyl (C=O) groups excluding carboxylic acids is 1. The Morgan fingerprint density at radius 2 is 1.62 bits per heavy atom. The average molecular weight is 727 g/mol. The van der Waals surface area contributed by atoms with E-state index < -0.39 is 23.5 Å².